The molecule has 0 aliphatic heterocycles. The largest absolute Gasteiger partial charge is 0.481 e. The highest BCUT2D eigenvalue weighted by Crippen LogP contribution is 2.37. The minimum atomic E-state index is -2.20. The van der Waals surface area contributed by atoms with E-state index in [0.29, 0.717) is 0 Å². The molecular formula is C10H14O8. The van der Waals surface area contributed by atoms with Crippen LogP contribution in [-0.2, 0) is 19.2 Å². The summed E-state index contributed by atoms with van der Waals surface area (Å²) in [5.74, 6) is -9.70. The normalized spacial score (nSPS) is 17.2. The van der Waals surface area contributed by atoms with E-state index in [1.54, 1.807) is 0 Å². The molecule has 0 aliphatic carbocycles. The van der Waals surface area contributed by atoms with Crippen LogP contribution in [0.3, 0.4) is 0 Å². The first-order valence-corrected chi connectivity index (χ1v) is 4.94. The summed E-state index contributed by atoms with van der Waals surface area (Å²) >= 11 is 0. The van der Waals surface area contributed by atoms with Crippen molar-refractivity contribution in [2.45, 2.75) is 20.3 Å². The Morgan fingerprint density at radius 3 is 1.67 bits per heavy atom. The fourth-order valence-corrected chi connectivity index (χ4v) is 1.81. The Morgan fingerprint density at radius 1 is 1.00 bits per heavy atom. The van der Waals surface area contributed by atoms with Gasteiger partial charge in [0, 0.05) is 0 Å². The van der Waals surface area contributed by atoms with Crippen LogP contribution in [0.25, 0.3) is 0 Å². The fraction of sp³-hybridized carbons (Fsp3) is 0.600. The van der Waals surface area contributed by atoms with Crippen molar-refractivity contribution >= 4 is 23.9 Å². The summed E-state index contributed by atoms with van der Waals surface area (Å²) in [6, 6.07) is 0. The summed E-state index contributed by atoms with van der Waals surface area (Å²) in [6.45, 7) is 1.95. The van der Waals surface area contributed by atoms with Crippen LogP contribution in [0.4, 0.5) is 0 Å². The average molecular weight is 262 g/mol. The van der Waals surface area contributed by atoms with E-state index in [0.717, 1.165) is 13.8 Å². The second kappa shape index (κ2) is 5.48. The van der Waals surface area contributed by atoms with Gasteiger partial charge >= 0.3 is 23.9 Å². The Balaban J connectivity index is 5.65. The Morgan fingerprint density at radius 2 is 1.44 bits per heavy atom. The monoisotopic (exact) mass is 262 g/mol. The molecule has 0 fully saturated rings. The van der Waals surface area contributed by atoms with Gasteiger partial charge in [0.2, 0.25) is 0 Å². The summed E-state index contributed by atoms with van der Waals surface area (Å²) in [6.07, 6.45) is -0.975. The zero-order valence-corrected chi connectivity index (χ0v) is 9.78. The first kappa shape index (κ1) is 15.9. The highest BCUT2D eigenvalue weighted by Gasteiger charge is 2.51. The topological polar surface area (TPSA) is 149 Å². The molecule has 4 N–H and O–H groups in total. The van der Waals surface area contributed by atoms with E-state index in [1.807, 2.05) is 0 Å². The van der Waals surface area contributed by atoms with Gasteiger partial charge in [-0.3, -0.25) is 19.2 Å². The van der Waals surface area contributed by atoms with Gasteiger partial charge in [-0.05, 0) is 6.92 Å². The van der Waals surface area contributed by atoms with Gasteiger partial charge in [0.25, 0.3) is 0 Å². The molecule has 0 aromatic heterocycles. The summed E-state index contributed by atoms with van der Waals surface area (Å²) < 4.78 is 0. The maximum Gasteiger partial charge on any atom is 0.310 e. The molecule has 8 nitrogen and oxygen atoms in total. The third kappa shape index (κ3) is 3.19. The molecule has 0 amide bonds. The predicted molar refractivity (Wildman–Crippen MR) is 55.9 cm³/mol. The van der Waals surface area contributed by atoms with Gasteiger partial charge in [0.15, 0.2) is 0 Å². The zero-order chi connectivity index (χ0) is 14.7. The molecule has 0 radical (unpaired) electrons. The first-order valence-electron chi connectivity index (χ1n) is 4.94. The smallest absolute Gasteiger partial charge is 0.310 e. The van der Waals surface area contributed by atoms with Crippen molar-refractivity contribution in [2.24, 2.45) is 17.3 Å². The Bertz CT molecular complexity index is 387. The molecule has 0 spiro atoms. The average Bonchev–Trinajstić information content (AvgIpc) is 2.14. The van der Waals surface area contributed by atoms with Crippen LogP contribution in [0.15, 0.2) is 0 Å². The SMILES string of the molecule is CC(C(=O)O)C(C(=O)O)C(C)(CC(=O)O)C(=O)O. The van der Waals surface area contributed by atoms with Crippen molar-refractivity contribution in [3.05, 3.63) is 0 Å². The second-order valence-corrected chi connectivity index (χ2v) is 4.24. The van der Waals surface area contributed by atoms with Crippen molar-refractivity contribution in [3.8, 4) is 0 Å². The minimum absolute atomic E-state index is 0.918. The number of carboxylic acids is 4. The molecule has 0 aromatic rings. The lowest BCUT2D eigenvalue weighted by atomic mass is 9.69. The molecule has 3 atom stereocenters. The third-order valence-electron chi connectivity index (χ3n) is 2.85. The summed E-state index contributed by atoms with van der Waals surface area (Å²) in [4.78, 5) is 43.6. The molecule has 3 unspecified atom stereocenters. The molecule has 18 heavy (non-hydrogen) atoms. The van der Waals surface area contributed by atoms with E-state index in [9.17, 15) is 19.2 Å². The van der Waals surface area contributed by atoms with Crippen molar-refractivity contribution in [1.82, 2.24) is 0 Å². The van der Waals surface area contributed by atoms with Crippen LogP contribution in [0, 0.1) is 17.3 Å². The lowest BCUT2D eigenvalue weighted by Crippen LogP contribution is -2.46. The standard InChI is InChI=1S/C10H14O8/c1-4(7(13)14)6(8(15)16)10(2,9(17)18)3-5(11)12/h4,6H,3H2,1-2H3,(H,11,12)(H,13,14)(H,15,16)(H,17,18). The molecule has 0 aliphatic rings. The number of aliphatic carboxylic acids is 4. The lowest BCUT2D eigenvalue weighted by molar-refractivity contribution is -0.172. The van der Waals surface area contributed by atoms with E-state index < -0.39 is 47.5 Å². The maximum absolute atomic E-state index is 11.1. The molecule has 8 heteroatoms. The van der Waals surface area contributed by atoms with Gasteiger partial charge in [-0.15, -0.1) is 0 Å². The van der Waals surface area contributed by atoms with Crippen molar-refractivity contribution in [3.63, 3.8) is 0 Å². The molecule has 102 valence electrons. The van der Waals surface area contributed by atoms with Crippen molar-refractivity contribution < 1.29 is 39.6 Å². The highest BCUT2D eigenvalue weighted by molar-refractivity contribution is 5.90. The zero-order valence-electron chi connectivity index (χ0n) is 9.78. The minimum Gasteiger partial charge on any atom is -0.481 e. The van der Waals surface area contributed by atoms with Crippen LogP contribution in [-0.4, -0.2) is 44.3 Å². The third-order valence-corrected chi connectivity index (χ3v) is 2.85. The molecule has 0 heterocycles. The van der Waals surface area contributed by atoms with Crippen LogP contribution < -0.4 is 0 Å². The molecular weight excluding hydrogens is 248 g/mol. The summed E-state index contributed by atoms with van der Waals surface area (Å²) in [5, 5.41) is 35.4. The highest BCUT2D eigenvalue weighted by atomic mass is 16.4. The van der Waals surface area contributed by atoms with E-state index in [4.69, 9.17) is 20.4 Å². The number of hydrogen-bond acceptors (Lipinski definition) is 4. The number of hydrogen-bond donors (Lipinski definition) is 4. The summed E-state index contributed by atoms with van der Waals surface area (Å²) in [5.41, 5.74) is -2.20. The first-order chi connectivity index (χ1) is 8.04. The lowest BCUT2D eigenvalue weighted by Gasteiger charge is -2.31. The van der Waals surface area contributed by atoms with E-state index in [2.05, 4.69) is 0 Å². The van der Waals surface area contributed by atoms with Gasteiger partial charge < -0.3 is 20.4 Å². The molecule has 0 saturated carbocycles. The Hall–Kier alpha value is -2.12. The van der Waals surface area contributed by atoms with Gasteiger partial charge in [0.05, 0.1) is 23.7 Å². The second-order valence-electron chi connectivity index (χ2n) is 4.24. The van der Waals surface area contributed by atoms with Gasteiger partial charge in [0.1, 0.15) is 0 Å². The van der Waals surface area contributed by atoms with Gasteiger partial charge in [-0.1, -0.05) is 6.92 Å². The number of carboxylic acid groups (broad SMARTS) is 4. The Labute approximate surface area is 102 Å². The van der Waals surface area contributed by atoms with Crippen molar-refractivity contribution in [2.75, 3.05) is 0 Å². The molecule has 0 rings (SSSR count). The maximum atomic E-state index is 11.1. The van der Waals surface area contributed by atoms with Crippen LogP contribution in [0.2, 0.25) is 0 Å². The quantitative estimate of drug-likeness (QED) is 0.499. The summed E-state index contributed by atoms with van der Waals surface area (Å²) in [7, 11) is 0. The molecule has 0 bridgehead atoms. The molecule has 0 saturated heterocycles. The fourth-order valence-electron chi connectivity index (χ4n) is 1.81. The number of rotatable bonds is 7. The van der Waals surface area contributed by atoms with E-state index in [-0.39, 0.29) is 0 Å². The van der Waals surface area contributed by atoms with Gasteiger partial charge in [-0.25, -0.2) is 0 Å². The number of carbonyl (C=O) groups is 4. The van der Waals surface area contributed by atoms with Crippen LogP contribution in [0.1, 0.15) is 20.3 Å². The predicted octanol–water partition coefficient (Wildman–Crippen LogP) is -0.0265. The van der Waals surface area contributed by atoms with Crippen molar-refractivity contribution in [1.29, 1.82) is 0 Å². The van der Waals surface area contributed by atoms with E-state index in [1.165, 1.54) is 0 Å². The van der Waals surface area contributed by atoms with Gasteiger partial charge in [-0.2, -0.15) is 0 Å². The Kier molecular flexibility index (Phi) is 4.83. The van der Waals surface area contributed by atoms with Crippen LogP contribution >= 0.6 is 0 Å². The molecule has 0 aromatic carbocycles. The van der Waals surface area contributed by atoms with E-state index >= 15 is 0 Å². The van der Waals surface area contributed by atoms with Crippen LogP contribution in [0.5, 0.6) is 0 Å².